The number of thiophene rings is 1. The lowest BCUT2D eigenvalue weighted by atomic mass is 10.1. The van der Waals surface area contributed by atoms with Crippen LogP contribution in [0.15, 0.2) is 56.9 Å². The van der Waals surface area contributed by atoms with Crippen LogP contribution >= 0.6 is 27.3 Å². The van der Waals surface area contributed by atoms with E-state index >= 15 is 0 Å². The van der Waals surface area contributed by atoms with Gasteiger partial charge < -0.3 is 14.6 Å². The van der Waals surface area contributed by atoms with Crippen LogP contribution in [0.3, 0.4) is 0 Å². The Morgan fingerprint density at radius 2 is 2.04 bits per heavy atom. The molecule has 0 aliphatic heterocycles. The lowest BCUT2D eigenvalue weighted by Crippen LogP contribution is -2.26. The second-order valence-corrected chi connectivity index (χ2v) is 7.61. The summed E-state index contributed by atoms with van der Waals surface area (Å²) >= 11 is 4.80. The molecule has 0 radical (unpaired) electrons. The van der Waals surface area contributed by atoms with Gasteiger partial charge in [-0.3, -0.25) is 9.59 Å². The van der Waals surface area contributed by atoms with Crippen LogP contribution in [0.2, 0.25) is 0 Å². The van der Waals surface area contributed by atoms with Crippen molar-refractivity contribution in [3.8, 4) is 0 Å². The molecule has 2 aromatic heterocycles. The quantitative estimate of drug-likeness (QED) is 0.620. The number of furan rings is 1. The summed E-state index contributed by atoms with van der Waals surface area (Å²) in [5, 5.41) is 4.76. The van der Waals surface area contributed by atoms with E-state index in [0.717, 1.165) is 4.88 Å². The first kappa shape index (κ1) is 18.4. The standard InChI is InChI=1S/C19H17BrN2O3S/c1-12-8-9-26-16(12)11-22(2)19(24)13-4-3-5-14(10-13)21-18(23)15-6-7-17(20)25-15/h3-10H,11H2,1-2H3,(H,21,23). The topological polar surface area (TPSA) is 62.6 Å². The van der Waals surface area contributed by atoms with Gasteiger partial charge in [0.25, 0.3) is 11.8 Å². The van der Waals surface area contributed by atoms with E-state index in [1.165, 1.54) is 5.56 Å². The molecule has 2 heterocycles. The third-order valence-electron chi connectivity index (χ3n) is 3.86. The number of nitrogens with zero attached hydrogens (tertiary/aromatic N) is 1. The summed E-state index contributed by atoms with van der Waals surface area (Å²) in [6.07, 6.45) is 0. The lowest BCUT2D eigenvalue weighted by Gasteiger charge is -2.17. The van der Waals surface area contributed by atoms with Gasteiger partial charge in [-0.15, -0.1) is 11.3 Å². The molecule has 0 bridgehead atoms. The van der Waals surface area contributed by atoms with Gasteiger partial charge >= 0.3 is 0 Å². The average molecular weight is 433 g/mol. The highest BCUT2D eigenvalue weighted by molar-refractivity contribution is 9.10. The van der Waals surface area contributed by atoms with Gasteiger partial charge in [-0.25, -0.2) is 0 Å². The van der Waals surface area contributed by atoms with E-state index in [1.807, 2.05) is 18.4 Å². The van der Waals surface area contributed by atoms with Crippen LogP contribution in [-0.2, 0) is 6.54 Å². The maximum absolute atomic E-state index is 12.7. The van der Waals surface area contributed by atoms with Crippen LogP contribution in [-0.4, -0.2) is 23.8 Å². The Balaban J connectivity index is 1.71. The highest BCUT2D eigenvalue weighted by atomic mass is 79.9. The fourth-order valence-corrected chi connectivity index (χ4v) is 3.70. The molecule has 5 nitrogen and oxygen atoms in total. The average Bonchev–Trinajstić information content (AvgIpc) is 3.23. The summed E-state index contributed by atoms with van der Waals surface area (Å²) in [7, 11) is 1.77. The van der Waals surface area contributed by atoms with Crippen LogP contribution in [0.25, 0.3) is 0 Å². The molecule has 0 aliphatic rings. The number of anilines is 1. The summed E-state index contributed by atoms with van der Waals surface area (Å²) in [6, 6.07) is 12.1. The van der Waals surface area contributed by atoms with Gasteiger partial charge in [0.2, 0.25) is 0 Å². The summed E-state index contributed by atoms with van der Waals surface area (Å²) in [6.45, 7) is 2.59. The maximum Gasteiger partial charge on any atom is 0.291 e. The largest absolute Gasteiger partial charge is 0.444 e. The smallest absolute Gasteiger partial charge is 0.291 e. The number of hydrogen-bond donors (Lipinski definition) is 1. The third-order valence-corrected chi connectivity index (χ3v) is 5.29. The third kappa shape index (κ3) is 4.23. The van der Waals surface area contributed by atoms with E-state index in [4.69, 9.17) is 4.42 Å². The Morgan fingerprint density at radius 3 is 2.69 bits per heavy atom. The van der Waals surface area contributed by atoms with Gasteiger partial charge in [-0.2, -0.15) is 0 Å². The fourth-order valence-electron chi connectivity index (χ4n) is 2.43. The molecule has 3 aromatic rings. The molecule has 0 saturated carbocycles. The van der Waals surface area contributed by atoms with Gasteiger partial charge in [-0.1, -0.05) is 6.07 Å². The van der Waals surface area contributed by atoms with E-state index < -0.39 is 0 Å². The van der Waals surface area contributed by atoms with E-state index in [1.54, 1.807) is 59.7 Å². The predicted molar refractivity (Wildman–Crippen MR) is 106 cm³/mol. The number of halogens is 1. The minimum absolute atomic E-state index is 0.102. The molecule has 0 unspecified atom stereocenters. The van der Waals surface area contributed by atoms with Gasteiger partial charge in [0.15, 0.2) is 10.4 Å². The Morgan fingerprint density at radius 1 is 1.23 bits per heavy atom. The molecular weight excluding hydrogens is 416 g/mol. The summed E-state index contributed by atoms with van der Waals surface area (Å²) in [5.74, 6) is -0.281. The number of rotatable bonds is 5. The lowest BCUT2D eigenvalue weighted by molar-refractivity contribution is 0.0786. The minimum Gasteiger partial charge on any atom is -0.444 e. The van der Waals surface area contributed by atoms with Crippen LogP contribution in [0, 0.1) is 6.92 Å². The van der Waals surface area contributed by atoms with Crippen molar-refractivity contribution in [2.45, 2.75) is 13.5 Å². The maximum atomic E-state index is 12.7. The molecule has 0 saturated heterocycles. The summed E-state index contributed by atoms with van der Waals surface area (Å²) in [5.41, 5.74) is 2.23. The normalized spacial score (nSPS) is 10.6. The zero-order chi connectivity index (χ0) is 18.7. The van der Waals surface area contributed by atoms with Crippen molar-refractivity contribution in [2.75, 3.05) is 12.4 Å². The van der Waals surface area contributed by atoms with Crippen LogP contribution < -0.4 is 5.32 Å². The van der Waals surface area contributed by atoms with Gasteiger partial charge in [0, 0.05) is 23.2 Å². The number of benzene rings is 1. The number of carbonyl (C=O) groups excluding carboxylic acids is 2. The number of amides is 2. The molecule has 0 spiro atoms. The van der Waals surface area contributed by atoms with Crippen molar-refractivity contribution in [3.05, 3.63) is 74.3 Å². The molecule has 0 atom stereocenters. The number of aryl methyl sites for hydroxylation is 1. The second kappa shape index (κ2) is 7.88. The van der Waals surface area contributed by atoms with Crippen molar-refractivity contribution >= 4 is 44.8 Å². The zero-order valence-corrected chi connectivity index (χ0v) is 16.7. The number of hydrogen-bond acceptors (Lipinski definition) is 4. The highest BCUT2D eigenvalue weighted by Gasteiger charge is 2.15. The van der Waals surface area contributed by atoms with E-state index in [9.17, 15) is 9.59 Å². The van der Waals surface area contributed by atoms with Crippen molar-refractivity contribution in [2.24, 2.45) is 0 Å². The van der Waals surface area contributed by atoms with Gasteiger partial charge in [0.05, 0.1) is 6.54 Å². The minimum atomic E-state index is -0.372. The first-order valence-corrected chi connectivity index (χ1v) is 9.56. The van der Waals surface area contributed by atoms with E-state index in [-0.39, 0.29) is 17.6 Å². The Kier molecular flexibility index (Phi) is 5.58. The van der Waals surface area contributed by atoms with Crippen molar-refractivity contribution in [1.29, 1.82) is 0 Å². The Bertz CT molecular complexity index is 948. The van der Waals surface area contributed by atoms with Crippen LogP contribution in [0.1, 0.15) is 31.4 Å². The van der Waals surface area contributed by atoms with E-state index in [2.05, 4.69) is 21.2 Å². The van der Waals surface area contributed by atoms with Gasteiger partial charge in [0.1, 0.15) is 0 Å². The van der Waals surface area contributed by atoms with Crippen LogP contribution in [0.4, 0.5) is 5.69 Å². The highest BCUT2D eigenvalue weighted by Crippen LogP contribution is 2.20. The summed E-state index contributed by atoms with van der Waals surface area (Å²) in [4.78, 5) is 27.7. The van der Waals surface area contributed by atoms with Crippen LogP contribution in [0.5, 0.6) is 0 Å². The van der Waals surface area contributed by atoms with Gasteiger partial charge in [-0.05, 0) is 70.2 Å². The molecule has 134 valence electrons. The Labute approximate surface area is 163 Å². The molecule has 26 heavy (non-hydrogen) atoms. The molecule has 3 rings (SSSR count). The van der Waals surface area contributed by atoms with Crippen molar-refractivity contribution < 1.29 is 14.0 Å². The summed E-state index contributed by atoms with van der Waals surface area (Å²) < 4.78 is 5.72. The molecule has 1 N–H and O–H groups in total. The fraction of sp³-hybridized carbons (Fsp3) is 0.158. The van der Waals surface area contributed by atoms with Crippen molar-refractivity contribution in [3.63, 3.8) is 0 Å². The van der Waals surface area contributed by atoms with Crippen molar-refractivity contribution in [1.82, 2.24) is 4.90 Å². The number of carbonyl (C=O) groups is 2. The molecule has 7 heteroatoms. The second-order valence-electron chi connectivity index (χ2n) is 5.83. The molecule has 1 aromatic carbocycles. The first-order chi connectivity index (χ1) is 12.4. The monoisotopic (exact) mass is 432 g/mol. The number of nitrogens with one attached hydrogen (secondary N) is 1. The Hall–Kier alpha value is -2.38. The SMILES string of the molecule is Cc1ccsc1CN(C)C(=O)c1cccc(NC(=O)c2ccc(Br)o2)c1. The molecular formula is C19H17BrN2O3S. The molecule has 0 aliphatic carbocycles. The first-order valence-electron chi connectivity index (χ1n) is 7.89. The predicted octanol–water partition coefficient (Wildman–Crippen LogP) is 4.94. The molecule has 2 amide bonds. The zero-order valence-electron chi connectivity index (χ0n) is 14.3. The van der Waals surface area contributed by atoms with E-state index in [0.29, 0.717) is 22.5 Å². The molecule has 0 fully saturated rings.